The summed E-state index contributed by atoms with van der Waals surface area (Å²) in [7, 11) is -1.96. The maximum atomic E-state index is 13.9. The number of ether oxygens (including phenoxy) is 1. The van der Waals surface area contributed by atoms with Crippen molar-refractivity contribution in [3.63, 3.8) is 0 Å². The number of nitrogens with zero attached hydrogens (tertiary/aromatic N) is 2. The Morgan fingerprint density at radius 1 is 1.03 bits per heavy atom. The van der Waals surface area contributed by atoms with Gasteiger partial charge in [-0.2, -0.15) is 0 Å². The quantitative estimate of drug-likeness (QED) is 0.285. The molecular weight excluding hydrogens is 420 g/mol. The van der Waals surface area contributed by atoms with Gasteiger partial charge in [0.1, 0.15) is 22.5 Å². The molecular formula is C24H34N2O3Si2. The summed E-state index contributed by atoms with van der Waals surface area (Å²) in [5.74, 6) is -0.258. The Bertz CT molecular complexity index is 910. The number of esters is 1. The van der Waals surface area contributed by atoms with E-state index in [0.717, 1.165) is 17.6 Å². The second kappa shape index (κ2) is 8.18. The summed E-state index contributed by atoms with van der Waals surface area (Å²) >= 11 is 0. The number of β-lactam (4-membered cyclic amide) rings is 1. The van der Waals surface area contributed by atoms with Crippen molar-refractivity contribution >= 4 is 28.3 Å². The molecule has 2 fully saturated rings. The lowest BCUT2D eigenvalue weighted by Crippen LogP contribution is -2.75. The Hall–Kier alpha value is -1.97. The smallest absolute Gasteiger partial charge is 0.332 e. The van der Waals surface area contributed by atoms with Crippen LogP contribution in [0.2, 0.25) is 38.3 Å². The predicted octanol–water partition coefficient (Wildman–Crippen LogP) is 4.48. The Labute approximate surface area is 187 Å². The molecule has 2 aliphatic heterocycles. The molecule has 0 aromatic heterocycles. The van der Waals surface area contributed by atoms with Gasteiger partial charge in [-0.1, -0.05) is 74.7 Å². The molecule has 166 valence electrons. The van der Waals surface area contributed by atoms with E-state index in [1.165, 1.54) is 19.2 Å². The Balaban J connectivity index is 1.79. The van der Waals surface area contributed by atoms with Gasteiger partial charge >= 0.3 is 5.97 Å². The fraction of sp³-hybridized carbons (Fsp3) is 0.500. The van der Waals surface area contributed by atoms with Crippen molar-refractivity contribution in [2.75, 3.05) is 7.11 Å². The van der Waals surface area contributed by atoms with E-state index in [2.05, 4.69) is 60.8 Å². The van der Waals surface area contributed by atoms with Crippen LogP contribution in [0.25, 0.3) is 0 Å². The molecule has 0 saturated carbocycles. The number of likely N-dealkylation sites (tertiary alicyclic amines) is 1. The van der Waals surface area contributed by atoms with E-state index in [1.807, 2.05) is 23.1 Å². The standard InChI is InChI=1S/C24H34N2O3Si2/c1-29-24(28)21(19-14-10-7-11-15-19)25-20(18-12-8-6-9-13-18)22(23(25)27)26-30(2,3)16-17-31(26,4)5/h6-10,12-13,15,20-22H,11,14,16-17H2,1-5H3/t20-,21+,22-/m0/s1. The van der Waals surface area contributed by atoms with Crippen molar-refractivity contribution < 1.29 is 14.3 Å². The monoisotopic (exact) mass is 454 g/mol. The summed E-state index contributed by atoms with van der Waals surface area (Å²) in [6.07, 6.45) is 7.73. The number of hydrogen-bond donors (Lipinski definition) is 0. The van der Waals surface area contributed by atoms with Crippen molar-refractivity contribution in [1.29, 1.82) is 0 Å². The van der Waals surface area contributed by atoms with Gasteiger partial charge < -0.3 is 13.9 Å². The van der Waals surface area contributed by atoms with Crippen LogP contribution in [-0.4, -0.2) is 56.7 Å². The Morgan fingerprint density at radius 2 is 1.68 bits per heavy atom. The van der Waals surface area contributed by atoms with Crippen LogP contribution in [0.4, 0.5) is 0 Å². The zero-order valence-electron chi connectivity index (χ0n) is 19.3. The molecule has 1 amide bonds. The van der Waals surface area contributed by atoms with E-state index in [4.69, 9.17) is 4.74 Å². The topological polar surface area (TPSA) is 49.9 Å². The fourth-order valence-electron chi connectivity index (χ4n) is 5.85. The van der Waals surface area contributed by atoms with E-state index in [9.17, 15) is 9.59 Å². The number of methoxy groups -OCH3 is 1. The highest BCUT2D eigenvalue weighted by Crippen LogP contribution is 2.49. The highest BCUT2D eigenvalue weighted by Gasteiger charge is 2.62. The summed E-state index contributed by atoms with van der Waals surface area (Å²) in [5, 5.41) is 0. The zero-order valence-corrected chi connectivity index (χ0v) is 21.3. The highest BCUT2D eigenvalue weighted by atomic mass is 28.4. The molecule has 0 spiro atoms. The van der Waals surface area contributed by atoms with Crippen LogP contribution >= 0.6 is 0 Å². The summed E-state index contributed by atoms with van der Waals surface area (Å²) < 4.78 is 7.88. The van der Waals surface area contributed by atoms with Crippen molar-refractivity contribution in [2.45, 2.75) is 69.2 Å². The third kappa shape index (κ3) is 3.77. The van der Waals surface area contributed by atoms with Gasteiger partial charge in [-0.15, -0.1) is 0 Å². The molecule has 0 radical (unpaired) electrons. The first kappa shape index (κ1) is 22.2. The summed E-state index contributed by atoms with van der Waals surface area (Å²) in [5.41, 5.74) is 2.07. The van der Waals surface area contributed by atoms with Crippen LogP contribution in [0.3, 0.4) is 0 Å². The molecule has 1 aromatic rings. The summed E-state index contributed by atoms with van der Waals surface area (Å²) in [6.45, 7) is 9.61. The minimum atomic E-state index is -1.69. The average Bonchev–Trinajstić information content (AvgIpc) is 2.98. The van der Waals surface area contributed by atoms with Crippen molar-refractivity contribution in [2.24, 2.45) is 0 Å². The number of carbonyl (C=O) groups is 2. The number of benzene rings is 1. The van der Waals surface area contributed by atoms with E-state index in [-0.39, 0.29) is 24.0 Å². The number of rotatable bonds is 5. The molecule has 0 N–H and O–H groups in total. The van der Waals surface area contributed by atoms with Gasteiger partial charge in [-0.3, -0.25) is 4.79 Å². The number of allylic oxidation sites excluding steroid dienone is 3. The van der Waals surface area contributed by atoms with E-state index in [1.54, 1.807) is 0 Å². The first-order valence-corrected chi connectivity index (χ1v) is 17.6. The largest absolute Gasteiger partial charge is 0.467 e. The summed E-state index contributed by atoms with van der Waals surface area (Å²) in [6, 6.07) is 11.8. The normalized spacial score (nSPS) is 28.1. The third-order valence-electron chi connectivity index (χ3n) is 7.27. The van der Waals surface area contributed by atoms with Crippen LogP contribution in [0, 0.1) is 0 Å². The molecule has 2 heterocycles. The molecule has 3 aliphatic rings. The molecule has 5 nitrogen and oxygen atoms in total. The van der Waals surface area contributed by atoms with Crippen molar-refractivity contribution in [1.82, 2.24) is 9.13 Å². The van der Waals surface area contributed by atoms with Gasteiger partial charge in [0.2, 0.25) is 5.91 Å². The summed E-state index contributed by atoms with van der Waals surface area (Å²) in [4.78, 5) is 28.7. The van der Waals surface area contributed by atoms with Crippen LogP contribution in [0.15, 0.2) is 54.1 Å². The lowest BCUT2D eigenvalue weighted by molar-refractivity contribution is -0.167. The molecule has 2 saturated heterocycles. The maximum Gasteiger partial charge on any atom is 0.332 e. The number of carbonyl (C=O) groups excluding carboxylic acids is 2. The zero-order chi connectivity index (χ0) is 22.4. The maximum absolute atomic E-state index is 13.9. The SMILES string of the molecule is COC(=O)[C@@H](C1=CCC=CC1)N1C(=O)[C@@H](N2[Si](C)(C)CC[Si]2(C)C)[C@@H]1c1ccccc1. The molecule has 1 aliphatic carbocycles. The molecule has 0 unspecified atom stereocenters. The van der Waals surface area contributed by atoms with Gasteiger partial charge in [0.05, 0.1) is 13.2 Å². The predicted molar refractivity (Wildman–Crippen MR) is 128 cm³/mol. The lowest BCUT2D eigenvalue weighted by Gasteiger charge is -2.58. The fourth-order valence-corrected chi connectivity index (χ4v) is 20.5. The highest BCUT2D eigenvalue weighted by molar-refractivity contribution is 6.95. The van der Waals surface area contributed by atoms with Crippen LogP contribution in [-0.2, 0) is 14.3 Å². The van der Waals surface area contributed by atoms with Gasteiger partial charge in [0, 0.05) is 0 Å². The van der Waals surface area contributed by atoms with Gasteiger partial charge in [0.25, 0.3) is 0 Å². The third-order valence-corrected chi connectivity index (χ3v) is 17.5. The molecule has 4 rings (SSSR count). The second-order valence-corrected chi connectivity index (χ2v) is 19.8. The minimum absolute atomic E-state index is 0.0859. The first-order chi connectivity index (χ1) is 14.7. The number of hydrogen-bond acceptors (Lipinski definition) is 4. The van der Waals surface area contributed by atoms with Gasteiger partial charge in [-0.25, -0.2) is 4.79 Å². The van der Waals surface area contributed by atoms with E-state index >= 15 is 0 Å². The lowest BCUT2D eigenvalue weighted by atomic mass is 9.84. The van der Waals surface area contributed by atoms with Crippen LogP contribution in [0.1, 0.15) is 24.4 Å². The average molecular weight is 455 g/mol. The molecule has 31 heavy (non-hydrogen) atoms. The second-order valence-electron chi connectivity index (χ2n) is 10.2. The minimum Gasteiger partial charge on any atom is -0.467 e. The molecule has 1 aromatic carbocycles. The number of amides is 1. The van der Waals surface area contributed by atoms with Crippen LogP contribution < -0.4 is 0 Å². The van der Waals surface area contributed by atoms with E-state index < -0.39 is 22.5 Å². The van der Waals surface area contributed by atoms with Crippen molar-refractivity contribution in [3.05, 3.63) is 59.7 Å². The van der Waals surface area contributed by atoms with Crippen LogP contribution in [0.5, 0.6) is 0 Å². The molecule has 7 heteroatoms. The molecule has 0 bridgehead atoms. The van der Waals surface area contributed by atoms with E-state index in [0.29, 0.717) is 6.42 Å². The Kier molecular flexibility index (Phi) is 5.87. The first-order valence-electron chi connectivity index (χ1n) is 11.3. The van der Waals surface area contributed by atoms with Crippen molar-refractivity contribution in [3.8, 4) is 0 Å². The van der Waals surface area contributed by atoms with Gasteiger partial charge in [0.15, 0.2) is 6.04 Å². The van der Waals surface area contributed by atoms with Gasteiger partial charge in [-0.05, 0) is 36.1 Å². The molecule has 3 atom stereocenters. The Morgan fingerprint density at radius 3 is 2.23 bits per heavy atom.